The molecule has 1 atom stereocenters. The van der Waals surface area contributed by atoms with Gasteiger partial charge in [0.1, 0.15) is 0 Å². The van der Waals surface area contributed by atoms with Crippen molar-refractivity contribution >= 4 is 17.6 Å². The second-order valence-corrected chi connectivity index (χ2v) is 4.14. The van der Waals surface area contributed by atoms with Crippen LogP contribution in [0.5, 0.6) is 0 Å². The van der Waals surface area contributed by atoms with Gasteiger partial charge in [-0.2, -0.15) is 0 Å². The van der Waals surface area contributed by atoms with E-state index in [2.05, 4.69) is 0 Å². The fourth-order valence-electron chi connectivity index (χ4n) is 1.49. The third kappa shape index (κ3) is 3.22. The summed E-state index contributed by atoms with van der Waals surface area (Å²) in [5.74, 6) is -0.438. The van der Waals surface area contributed by atoms with E-state index in [1.165, 1.54) is 0 Å². The number of halogens is 1. The third-order valence-electron chi connectivity index (χ3n) is 2.25. The van der Waals surface area contributed by atoms with E-state index in [4.69, 9.17) is 16.3 Å². The topological polar surface area (TPSA) is 46.5 Å². The van der Waals surface area contributed by atoms with Gasteiger partial charge in [-0.25, -0.2) is 0 Å². The summed E-state index contributed by atoms with van der Waals surface area (Å²) in [6.07, 6.45) is -0.107. The second-order valence-electron chi connectivity index (χ2n) is 3.74. The third-order valence-corrected chi connectivity index (χ3v) is 2.58. The van der Waals surface area contributed by atoms with Gasteiger partial charge in [0.05, 0.1) is 18.6 Å². The van der Waals surface area contributed by atoms with Gasteiger partial charge in [-0.05, 0) is 19.9 Å². The van der Waals surface area contributed by atoms with Crippen LogP contribution in [0.3, 0.4) is 0 Å². The molecule has 1 N–H and O–H groups in total. The molecule has 1 unspecified atom stereocenters. The lowest BCUT2D eigenvalue weighted by Gasteiger charge is -2.23. The highest BCUT2D eigenvalue weighted by atomic mass is 35.5. The lowest BCUT2D eigenvalue weighted by molar-refractivity contribution is -0.148. The molecule has 0 fully saturated rings. The summed E-state index contributed by atoms with van der Waals surface area (Å²) < 4.78 is 4.80. The van der Waals surface area contributed by atoms with Gasteiger partial charge in [0.2, 0.25) is 0 Å². The second kappa shape index (κ2) is 5.32. The highest BCUT2D eigenvalue weighted by Crippen LogP contribution is 2.30. The number of carbonyl (C=O) groups excluding carboxylic acids is 1. The van der Waals surface area contributed by atoms with Crippen LogP contribution in [-0.2, 0) is 15.1 Å². The van der Waals surface area contributed by atoms with Gasteiger partial charge < -0.3 is 9.84 Å². The normalized spacial score (nSPS) is 14.2. The molecule has 0 aliphatic rings. The summed E-state index contributed by atoms with van der Waals surface area (Å²) in [6.45, 7) is 3.57. The van der Waals surface area contributed by atoms with Crippen LogP contribution in [0.15, 0.2) is 24.3 Å². The zero-order valence-corrected chi connectivity index (χ0v) is 10.1. The molecule has 0 aliphatic carbocycles. The van der Waals surface area contributed by atoms with E-state index in [1.807, 2.05) is 0 Å². The summed E-state index contributed by atoms with van der Waals surface area (Å²) in [5, 5.41) is 10.6. The summed E-state index contributed by atoms with van der Waals surface area (Å²) in [7, 11) is 0. The Kier molecular flexibility index (Phi) is 4.33. The van der Waals surface area contributed by atoms with Crippen molar-refractivity contribution in [2.75, 3.05) is 6.61 Å². The SMILES string of the molecule is CCOC(=O)CC(C)(O)c1ccccc1Cl. The maximum absolute atomic E-state index is 11.3. The average Bonchev–Trinajstić information content (AvgIpc) is 2.17. The molecular weight excluding hydrogens is 228 g/mol. The molecule has 4 heteroatoms. The Morgan fingerprint density at radius 3 is 2.69 bits per heavy atom. The summed E-state index contributed by atoms with van der Waals surface area (Å²) in [6, 6.07) is 6.91. The average molecular weight is 243 g/mol. The van der Waals surface area contributed by atoms with Gasteiger partial charge in [0.25, 0.3) is 0 Å². The van der Waals surface area contributed by atoms with Crippen molar-refractivity contribution in [3.05, 3.63) is 34.9 Å². The molecule has 0 spiro atoms. The van der Waals surface area contributed by atoms with Crippen LogP contribution >= 0.6 is 11.6 Å². The van der Waals surface area contributed by atoms with E-state index in [0.29, 0.717) is 17.2 Å². The molecule has 16 heavy (non-hydrogen) atoms. The minimum Gasteiger partial charge on any atom is -0.466 e. The number of esters is 1. The predicted molar refractivity (Wildman–Crippen MR) is 62.3 cm³/mol. The van der Waals surface area contributed by atoms with Crippen molar-refractivity contribution < 1.29 is 14.6 Å². The zero-order chi connectivity index (χ0) is 12.2. The monoisotopic (exact) mass is 242 g/mol. The first kappa shape index (κ1) is 13.0. The molecule has 1 aromatic rings. The first-order chi connectivity index (χ1) is 7.47. The number of ether oxygens (including phenoxy) is 1. The quantitative estimate of drug-likeness (QED) is 0.826. The standard InChI is InChI=1S/C12H15ClO3/c1-3-16-11(14)8-12(2,15)9-6-4-5-7-10(9)13/h4-7,15H,3,8H2,1-2H3. The van der Waals surface area contributed by atoms with E-state index < -0.39 is 11.6 Å². The van der Waals surface area contributed by atoms with Crippen molar-refractivity contribution in [2.24, 2.45) is 0 Å². The van der Waals surface area contributed by atoms with E-state index >= 15 is 0 Å². The summed E-state index contributed by atoms with van der Waals surface area (Å²) in [4.78, 5) is 11.3. The maximum Gasteiger partial charge on any atom is 0.309 e. The Labute approximate surface area is 100.0 Å². The Bertz CT molecular complexity index is 374. The van der Waals surface area contributed by atoms with E-state index in [0.717, 1.165) is 0 Å². The molecule has 0 bridgehead atoms. The van der Waals surface area contributed by atoms with Gasteiger partial charge in [-0.1, -0.05) is 29.8 Å². The molecule has 0 heterocycles. The molecule has 3 nitrogen and oxygen atoms in total. The first-order valence-corrected chi connectivity index (χ1v) is 5.48. The van der Waals surface area contributed by atoms with Crippen LogP contribution in [0.25, 0.3) is 0 Å². The van der Waals surface area contributed by atoms with E-state index in [9.17, 15) is 9.90 Å². The van der Waals surface area contributed by atoms with Crippen LogP contribution in [0.4, 0.5) is 0 Å². The van der Waals surface area contributed by atoms with Gasteiger partial charge >= 0.3 is 5.97 Å². The molecule has 0 saturated heterocycles. The largest absolute Gasteiger partial charge is 0.466 e. The Morgan fingerprint density at radius 1 is 1.50 bits per heavy atom. The molecule has 88 valence electrons. The number of benzene rings is 1. The van der Waals surface area contributed by atoms with Gasteiger partial charge in [-0.3, -0.25) is 4.79 Å². The van der Waals surface area contributed by atoms with Gasteiger partial charge in [0.15, 0.2) is 0 Å². The fraction of sp³-hybridized carbons (Fsp3) is 0.417. The molecule has 0 amide bonds. The number of hydrogen-bond donors (Lipinski definition) is 1. The maximum atomic E-state index is 11.3. The van der Waals surface area contributed by atoms with Crippen LogP contribution < -0.4 is 0 Å². The molecule has 0 saturated carbocycles. The minimum absolute atomic E-state index is 0.107. The Morgan fingerprint density at radius 2 is 2.12 bits per heavy atom. The van der Waals surface area contributed by atoms with Crippen molar-refractivity contribution in [1.82, 2.24) is 0 Å². The number of aliphatic hydroxyl groups is 1. The van der Waals surface area contributed by atoms with Crippen molar-refractivity contribution in [1.29, 1.82) is 0 Å². The van der Waals surface area contributed by atoms with Crippen molar-refractivity contribution in [2.45, 2.75) is 25.9 Å². The number of carbonyl (C=O) groups is 1. The minimum atomic E-state index is -1.30. The Hall–Kier alpha value is -1.06. The molecule has 0 aliphatic heterocycles. The lowest BCUT2D eigenvalue weighted by atomic mass is 9.92. The zero-order valence-electron chi connectivity index (χ0n) is 9.37. The molecule has 1 rings (SSSR count). The van der Waals surface area contributed by atoms with Crippen LogP contribution in [0.1, 0.15) is 25.8 Å². The van der Waals surface area contributed by atoms with E-state index in [-0.39, 0.29) is 6.42 Å². The highest BCUT2D eigenvalue weighted by Gasteiger charge is 2.29. The number of rotatable bonds is 4. The molecule has 1 aromatic carbocycles. The fourth-order valence-corrected chi connectivity index (χ4v) is 1.83. The van der Waals surface area contributed by atoms with Crippen LogP contribution in [-0.4, -0.2) is 17.7 Å². The van der Waals surface area contributed by atoms with Crippen molar-refractivity contribution in [3.63, 3.8) is 0 Å². The first-order valence-electron chi connectivity index (χ1n) is 5.10. The highest BCUT2D eigenvalue weighted by molar-refractivity contribution is 6.31. The molecule has 0 radical (unpaired) electrons. The lowest BCUT2D eigenvalue weighted by Crippen LogP contribution is -2.26. The smallest absolute Gasteiger partial charge is 0.309 e. The van der Waals surface area contributed by atoms with Gasteiger partial charge in [0, 0.05) is 10.6 Å². The summed E-state index contributed by atoms with van der Waals surface area (Å²) in [5.41, 5.74) is -0.769. The van der Waals surface area contributed by atoms with E-state index in [1.54, 1.807) is 38.1 Å². The number of hydrogen-bond acceptors (Lipinski definition) is 3. The summed E-state index contributed by atoms with van der Waals surface area (Å²) >= 11 is 5.96. The Balaban J connectivity index is 2.85. The van der Waals surface area contributed by atoms with Crippen LogP contribution in [0, 0.1) is 0 Å². The van der Waals surface area contributed by atoms with Crippen LogP contribution in [0.2, 0.25) is 5.02 Å². The van der Waals surface area contributed by atoms with Crippen molar-refractivity contribution in [3.8, 4) is 0 Å². The molecule has 0 aromatic heterocycles. The molecular formula is C12H15ClO3. The predicted octanol–water partition coefficient (Wildman–Crippen LogP) is 2.50. The van der Waals surface area contributed by atoms with Gasteiger partial charge in [-0.15, -0.1) is 0 Å².